The molecule has 17 heavy (non-hydrogen) atoms. The molecule has 1 heterocycles. The Kier molecular flexibility index (Phi) is 3.88. The van der Waals surface area contributed by atoms with Crippen molar-refractivity contribution in [2.75, 3.05) is 0 Å². The molecule has 0 fully saturated rings. The number of aromatic amines is 1. The summed E-state index contributed by atoms with van der Waals surface area (Å²) in [6.45, 7) is 6.36. The van der Waals surface area contributed by atoms with E-state index < -0.39 is 0 Å². The van der Waals surface area contributed by atoms with Crippen molar-refractivity contribution in [3.63, 3.8) is 0 Å². The highest BCUT2D eigenvalue weighted by atomic mass is 14.7. The highest BCUT2D eigenvalue weighted by Crippen LogP contribution is 2.30. The number of benzene rings is 1. The Morgan fingerprint density at radius 1 is 1.18 bits per heavy atom. The van der Waals surface area contributed by atoms with E-state index in [1.54, 1.807) is 5.56 Å². The van der Waals surface area contributed by atoms with Gasteiger partial charge in [-0.1, -0.05) is 45.4 Å². The lowest BCUT2D eigenvalue weighted by Gasteiger charge is -2.04. The van der Waals surface area contributed by atoms with Crippen LogP contribution in [0.1, 0.15) is 44.9 Å². The van der Waals surface area contributed by atoms with Gasteiger partial charge in [0.05, 0.1) is 0 Å². The first-order valence-corrected chi connectivity index (χ1v) is 6.93. The topological polar surface area (TPSA) is 15.8 Å². The van der Waals surface area contributed by atoms with Gasteiger partial charge in [-0.25, -0.2) is 0 Å². The molecule has 0 saturated heterocycles. The van der Waals surface area contributed by atoms with Crippen LogP contribution in [0.15, 0.2) is 24.3 Å². The van der Waals surface area contributed by atoms with E-state index in [0.717, 1.165) is 5.92 Å². The van der Waals surface area contributed by atoms with Crippen molar-refractivity contribution in [1.82, 2.24) is 4.98 Å². The van der Waals surface area contributed by atoms with Crippen molar-refractivity contribution in [2.45, 2.75) is 46.5 Å². The van der Waals surface area contributed by atoms with E-state index in [0.29, 0.717) is 0 Å². The van der Waals surface area contributed by atoms with Crippen LogP contribution < -0.4 is 0 Å². The number of para-hydroxylation sites is 1. The van der Waals surface area contributed by atoms with Crippen molar-refractivity contribution < 1.29 is 0 Å². The third kappa shape index (κ3) is 2.38. The van der Waals surface area contributed by atoms with E-state index in [9.17, 15) is 0 Å². The van der Waals surface area contributed by atoms with Crippen molar-refractivity contribution in [1.29, 1.82) is 0 Å². The van der Waals surface area contributed by atoms with Gasteiger partial charge >= 0.3 is 0 Å². The lowest BCUT2D eigenvalue weighted by atomic mass is 10.0. The summed E-state index contributed by atoms with van der Waals surface area (Å²) >= 11 is 0. The lowest BCUT2D eigenvalue weighted by Crippen LogP contribution is -1.97. The number of aromatic nitrogens is 1. The zero-order valence-corrected chi connectivity index (χ0v) is 11.2. The summed E-state index contributed by atoms with van der Waals surface area (Å²) in [5.41, 5.74) is 4.38. The molecular weight excluding hydrogens is 206 g/mol. The Morgan fingerprint density at radius 2 is 1.94 bits per heavy atom. The largest absolute Gasteiger partial charge is 0.358 e. The Morgan fingerprint density at radius 3 is 2.76 bits per heavy atom. The molecule has 0 bridgehead atoms. The van der Waals surface area contributed by atoms with Gasteiger partial charge in [0.15, 0.2) is 0 Å². The van der Waals surface area contributed by atoms with E-state index in [4.69, 9.17) is 0 Å². The van der Waals surface area contributed by atoms with Gasteiger partial charge in [0, 0.05) is 16.6 Å². The molecule has 92 valence electrons. The molecule has 1 atom stereocenters. The first-order chi connectivity index (χ1) is 8.34. The van der Waals surface area contributed by atoms with E-state index in [2.05, 4.69) is 36.2 Å². The molecule has 0 amide bonds. The number of H-pyrrole nitrogens is 1. The van der Waals surface area contributed by atoms with E-state index in [1.807, 2.05) is 13.8 Å². The number of fused-ring (bicyclic) bond motifs is 3. The first-order valence-electron chi connectivity index (χ1n) is 6.93. The monoisotopic (exact) mass is 229 g/mol. The fraction of sp³-hybridized carbons (Fsp3) is 0.500. The highest BCUT2D eigenvalue weighted by molar-refractivity contribution is 5.84. The Balaban J connectivity index is 0.000000514. The van der Waals surface area contributed by atoms with Crippen molar-refractivity contribution >= 4 is 10.9 Å². The van der Waals surface area contributed by atoms with Gasteiger partial charge in [-0.15, -0.1) is 0 Å². The molecule has 1 heteroatoms. The molecule has 0 spiro atoms. The van der Waals surface area contributed by atoms with Crippen LogP contribution in [0.4, 0.5) is 0 Å². The molecule has 2 aromatic rings. The van der Waals surface area contributed by atoms with Crippen molar-refractivity contribution in [3.8, 4) is 0 Å². The first kappa shape index (κ1) is 12.2. The van der Waals surface area contributed by atoms with Crippen molar-refractivity contribution in [2.24, 2.45) is 5.92 Å². The standard InChI is InChI=1S/C14H17N.C2H6/c1-10-5-4-7-12-11-6-2-3-8-13(11)15-14(12)9-10;1-2/h2-3,6,8,10,15H,4-5,7,9H2,1H3;1-2H3. The quantitative estimate of drug-likeness (QED) is 0.630. The Bertz CT molecular complexity index is 481. The predicted molar refractivity (Wildman–Crippen MR) is 75.5 cm³/mol. The molecule has 0 aliphatic heterocycles. The summed E-state index contributed by atoms with van der Waals surface area (Å²) in [6, 6.07) is 8.70. The molecule has 1 N–H and O–H groups in total. The van der Waals surface area contributed by atoms with Gasteiger partial charge < -0.3 is 4.98 Å². The van der Waals surface area contributed by atoms with Gasteiger partial charge in [-0.3, -0.25) is 0 Å². The zero-order valence-electron chi connectivity index (χ0n) is 11.2. The van der Waals surface area contributed by atoms with Gasteiger partial charge in [0.1, 0.15) is 0 Å². The summed E-state index contributed by atoms with van der Waals surface area (Å²) in [4.78, 5) is 3.59. The average Bonchev–Trinajstić information content (AvgIpc) is 2.59. The molecule has 1 aromatic carbocycles. The minimum Gasteiger partial charge on any atom is -0.358 e. The predicted octanol–water partition coefficient (Wildman–Crippen LogP) is 4.71. The molecule has 0 saturated carbocycles. The third-order valence-electron chi connectivity index (χ3n) is 3.58. The fourth-order valence-corrected chi connectivity index (χ4v) is 2.79. The molecule has 1 aliphatic carbocycles. The fourth-order valence-electron chi connectivity index (χ4n) is 2.79. The van der Waals surface area contributed by atoms with E-state index in [1.165, 1.54) is 42.3 Å². The maximum atomic E-state index is 3.59. The van der Waals surface area contributed by atoms with Crippen LogP contribution in [0.5, 0.6) is 0 Å². The highest BCUT2D eigenvalue weighted by Gasteiger charge is 2.17. The second-order valence-corrected chi connectivity index (χ2v) is 4.83. The van der Waals surface area contributed by atoms with Crippen LogP contribution in [0.2, 0.25) is 0 Å². The Hall–Kier alpha value is -1.24. The number of hydrogen-bond donors (Lipinski definition) is 1. The molecular formula is C16H23N. The summed E-state index contributed by atoms with van der Waals surface area (Å²) in [7, 11) is 0. The second kappa shape index (κ2) is 5.39. The molecule has 1 unspecified atom stereocenters. The maximum Gasteiger partial charge on any atom is 0.0458 e. The molecule has 1 nitrogen and oxygen atoms in total. The van der Waals surface area contributed by atoms with Crippen LogP contribution in [-0.4, -0.2) is 4.98 Å². The minimum atomic E-state index is 0.833. The summed E-state index contributed by atoms with van der Waals surface area (Å²) in [5, 5.41) is 1.45. The van der Waals surface area contributed by atoms with Crippen molar-refractivity contribution in [3.05, 3.63) is 35.5 Å². The third-order valence-corrected chi connectivity index (χ3v) is 3.58. The average molecular weight is 229 g/mol. The van der Waals surface area contributed by atoms with Crippen LogP contribution >= 0.6 is 0 Å². The smallest absolute Gasteiger partial charge is 0.0458 e. The maximum absolute atomic E-state index is 3.59. The minimum absolute atomic E-state index is 0.833. The van der Waals surface area contributed by atoms with Gasteiger partial charge in [-0.05, 0) is 36.8 Å². The molecule has 1 aliphatic rings. The normalized spacial score (nSPS) is 19.1. The van der Waals surface area contributed by atoms with Gasteiger partial charge in [0.2, 0.25) is 0 Å². The molecule has 1 aromatic heterocycles. The Labute approximate surface area is 104 Å². The number of hydrogen-bond acceptors (Lipinski definition) is 0. The lowest BCUT2D eigenvalue weighted by molar-refractivity contribution is 0.523. The number of nitrogens with one attached hydrogen (secondary N) is 1. The van der Waals surface area contributed by atoms with Crippen LogP contribution in [0.3, 0.4) is 0 Å². The summed E-state index contributed by atoms with van der Waals surface area (Å²) in [5.74, 6) is 0.833. The van der Waals surface area contributed by atoms with E-state index in [-0.39, 0.29) is 0 Å². The van der Waals surface area contributed by atoms with Crippen LogP contribution in [0, 0.1) is 5.92 Å². The summed E-state index contributed by atoms with van der Waals surface area (Å²) < 4.78 is 0. The van der Waals surface area contributed by atoms with E-state index >= 15 is 0 Å². The van der Waals surface area contributed by atoms with Gasteiger partial charge in [-0.2, -0.15) is 0 Å². The van der Waals surface area contributed by atoms with Crippen LogP contribution in [-0.2, 0) is 12.8 Å². The molecule has 3 rings (SSSR count). The van der Waals surface area contributed by atoms with Gasteiger partial charge in [0.25, 0.3) is 0 Å². The number of rotatable bonds is 0. The zero-order chi connectivity index (χ0) is 12.3. The SMILES string of the molecule is CC.CC1CCCc2c([nH]c3ccccc23)C1. The summed E-state index contributed by atoms with van der Waals surface area (Å²) in [6.07, 6.45) is 5.20. The van der Waals surface area contributed by atoms with Crippen LogP contribution in [0.25, 0.3) is 10.9 Å². The molecule has 0 radical (unpaired) electrons. The second-order valence-electron chi connectivity index (χ2n) is 4.83. The number of aryl methyl sites for hydroxylation is 1.